The van der Waals surface area contributed by atoms with Gasteiger partial charge in [-0.15, -0.1) is 0 Å². The molecule has 1 aromatic heterocycles. The fourth-order valence-electron chi connectivity index (χ4n) is 2.44. The van der Waals surface area contributed by atoms with Crippen molar-refractivity contribution in [3.63, 3.8) is 0 Å². The van der Waals surface area contributed by atoms with Gasteiger partial charge in [0.2, 0.25) is 5.89 Å². The van der Waals surface area contributed by atoms with Crippen LogP contribution in [0.2, 0.25) is 5.02 Å². The van der Waals surface area contributed by atoms with Crippen LogP contribution in [0.25, 0.3) is 11.5 Å². The van der Waals surface area contributed by atoms with E-state index in [1.54, 1.807) is 31.0 Å². The first-order chi connectivity index (χ1) is 12.5. The Morgan fingerprint density at radius 2 is 1.96 bits per heavy atom. The molecule has 0 bridgehead atoms. The molecule has 1 heterocycles. The van der Waals surface area contributed by atoms with Gasteiger partial charge in [-0.05, 0) is 37.3 Å². The number of halogens is 1. The van der Waals surface area contributed by atoms with E-state index in [2.05, 4.69) is 4.98 Å². The van der Waals surface area contributed by atoms with Gasteiger partial charge in [-0.1, -0.05) is 35.9 Å². The molecule has 0 radical (unpaired) electrons. The number of nitrogens with zero attached hydrogens (tertiary/aromatic N) is 2. The summed E-state index contributed by atoms with van der Waals surface area (Å²) in [7, 11) is 1.71. The lowest BCUT2D eigenvalue weighted by Crippen LogP contribution is -2.31. The third-order valence-corrected chi connectivity index (χ3v) is 4.09. The summed E-state index contributed by atoms with van der Waals surface area (Å²) in [4.78, 5) is 18.6. The van der Waals surface area contributed by atoms with Gasteiger partial charge in [-0.25, -0.2) is 4.98 Å². The molecule has 3 rings (SSSR count). The summed E-state index contributed by atoms with van der Waals surface area (Å²) < 4.78 is 11.3. The maximum Gasteiger partial charge on any atom is 0.275 e. The first-order valence-corrected chi connectivity index (χ1v) is 8.59. The van der Waals surface area contributed by atoms with Crippen molar-refractivity contribution in [3.8, 4) is 17.2 Å². The molecule has 26 heavy (non-hydrogen) atoms. The molecule has 0 fully saturated rings. The number of carbonyl (C=O) groups is 1. The highest BCUT2D eigenvalue weighted by Gasteiger charge is 2.21. The minimum absolute atomic E-state index is 0.205. The number of benzene rings is 2. The van der Waals surface area contributed by atoms with Crippen molar-refractivity contribution in [2.24, 2.45) is 0 Å². The molecule has 0 saturated carbocycles. The predicted molar refractivity (Wildman–Crippen MR) is 101 cm³/mol. The Labute approximate surface area is 157 Å². The molecule has 1 amide bonds. The van der Waals surface area contributed by atoms with Crippen molar-refractivity contribution in [2.45, 2.75) is 6.92 Å². The summed E-state index contributed by atoms with van der Waals surface area (Å²) in [6.45, 7) is 2.51. The molecular formula is C20H19ClN2O3. The molecule has 0 spiro atoms. The van der Waals surface area contributed by atoms with Gasteiger partial charge < -0.3 is 14.1 Å². The lowest BCUT2D eigenvalue weighted by molar-refractivity contribution is 0.0767. The highest BCUT2D eigenvalue weighted by atomic mass is 35.5. The van der Waals surface area contributed by atoms with Crippen LogP contribution in [0.15, 0.2) is 59.0 Å². The molecule has 0 aliphatic rings. The van der Waals surface area contributed by atoms with Crippen LogP contribution in [-0.4, -0.2) is 36.0 Å². The second-order valence-electron chi connectivity index (χ2n) is 5.82. The average molecular weight is 371 g/mol. The Morgan fingerprint density at radius 3 is 2.69 bits per heavy atom. The van der Waals surface area contributed by atoms with Crippen LogP contribution in [0.1, 0.15) is 16.2 Å². The van der Waals surface area contributed by atoms with Gasteiger partial charge in [-0.2, -0.15) is 0 Å². The van der Waals surface area contributed by atoms with Crippen molar-refractivity contribution in [2.75, 3.05) is 20.2 Å². The summed E-state index contributed by atoms with van der Waals surface area (Å²) in [5.74, 6) is 1.40. The summed E-state index contributed by atoms with van der Waals surface area (Å²) in [6.07, 6.45) is 0. The highest BCUT2D eigenvalue weighted by molar-refractivity contribution is 6.30. The smallest absolute Gasteiger partial charge is 0.275 e. The van der Waals surface area contributed by atoms with Crippen LogP contribution in [0.5, 0.6) is 5.75 Å². The Hall–Kier alpha value is -2.79. The average Bonchev–Trinajstić information content (AvgIpc) is 3.03. The monoisotopic (exact) mass is 370 g/mol. The molecule has 6 heteroatoms. The van der Waals surface area contributed by atoms with E-state index in [9.17, 15) is 4.79 Å². The standard InChI is InChI=1S/C20H19ClN2O3/c1-14-18(22-19(26-14)15-7-4-3-5-8-15)20(24)23(2)11-12-25-17-10-6-9-16(21)13-17/h3-10,13H,11-12H2,1-2H3. The van der Waals surface area contributed by atoms with Crippen LogP contribution in [0.4, 0.5) is 0 Å². The van der Waals surface area contributed by atoms with Crippen molar-refractivity contribution in [1.29, 1.82) is 0 Å². The molecule has 2 aromatic carbocycles. The van der Waals surface area contributed by atoms with Crippen LogP contribution in [-0.2, 0) is 0 Å². The van der Waals surface area contributed by atoms with Gasteiger partial charge in [0.15, 0.2) is 5.69 Å². The van der Waals surface area contributed by atoms with E-state index in [0.717, 1.165) is 5.56 Å². The first kappa shape index (κ1) is 18.0. The van der Waals surface area contributed by atoms with Gasteiger partial charge in [0.05, 0.1) is 6.54 Å². The zero-order chi connectivity index (χ0) is 18.5. The number of hydrogen-bond acceptors (Lipinski definition) is 4. The number of carbonyl (C=O) groups excluding carboxylic acids is 1. The number of amides is 1. The van der Waals surface area contributed by atoms with E-state index in [1.807, 2.05) is 42.5 Å². The minimum Gasteiger partial charge on any atom is -0.492 e. The Balaban J connectivity index is 1.62. The fourth-order valence-corrected chi connectivity index (χ4v) is 2.62. The lowest BCUT2D eigenvalue weighted by Gasteiger charge is -2.16. The molecule has 134 valence electrons. The number of ether oxygens (including phenoxy) is 1. The SMILES string of the molecule is Cc1oc(-c2ccccc2)nc1C(=O)N(C)CCOc1cccc(Cl)c1. The number of hydrogen-bond donors (Lipinski definition) is 0. The summed E-state index contributed by atoms with van der Waals surface area (Å²) in [5.41, 5.74) is 1.15. The molecule has 0 saturated heterocycles. The van der Waals surface area contributed by atoms with E-state index in [1.165, 1.54) is 0 Å². The molecule has 3 aromatic rings. The van der Waals surface area contributed by atoms with E-state index in [4.69, 9.17) is 20.8 Å². The van der Waals surface area contributed by atoms with Crippen LogP contribution < -0.4 is 4.74 Å². The number of aromatic nitrogens is 1. The van der Waals surface area contributed by atoms with E-state index >= 15 is 0 Å². The predicted octanol–water partition coefficient (Wildman–Crippen LogP) is 4.45. The van der Waals surface area contributed by atoms with Gasteiger partial charge in [-0.3, -0.25) is 4.79 Å². The molecule has 0 unspecified atom stereocenters. The van der Waals surface area contributed by atoms with Crippen LogP contribution in [0.3, 0.4) is 0 Å². The van der Waals surface area contributed by atoms with Crippen LogP contribution in [0, 0.1) is 6.92 Å². The van der Waals surface area contributed by atoms with Gasteiger partial charge >= 0.3 is 0 Å². The quantitative estimate of drug-likeness (QED) is 0.643. The normalized spacial score (nSPS) is 10.6. The fraction of sp³-hybridized carbons (Fsp3) is 0.200. The minimum atomic E-state index is -0.205. The third kappa shape index (κ3) is 4.24. The first-order valence-electron chi connectivity index (χ1n) is 8.21. The van der Waals surface area contributed by atoms with Crippen molar-refractivity contribution < 1.29 is 13.9 Å². The van der Waals surface area contributed by atoms with Crippen LogP contribution >= 0.6 is 11.6 Å². The summed E-state index contributed by atoms with van der Waals surface area (Å²) >= 11 is 5.92. The van der Waals surface area contributed by atoms with Crippen molar-refractivity contribution in [3.05, 3.63) is 71.1 Å². The lowest BCUT2D eigenvalue weighted by atomic mass is 10.2. The molecule has 0 aliphatic heterocycles. The summed E-state index contributed by atoms with van der Waals surface area (Å²) in [6, 6.07) is 16.6. The Kier molecular flexibility index (Phi) is 5.58. The zero-order valence-electron chi connectivity index (χ0n) is 14.6. The largest absolute Gasteiger partial charge is 0.492 e. The van der Waals surface area contributed by atoms with Gasteiger partial charge in [0.1, 0.15) is 18.1 Å². The zero-order valence-corrected chi connectivity index (χ0v) is 15.4. The molecule has 5 nitrogen and oxygen atoms in total. The topological polar surface area (TPSA) is 55.6 Å². The van der Waals surface area contributed by atoms with E-state index < -0.39 is 0 Å². The molecular weight excluding hydrogens is 352 g/mol. The van der Waals surface area contributed by atoms with Crippen molar-refractivity contribution in [1.82, 2.24) is 9.88 Å². The number of aryl methyl sites for hydroxylation is 1. The Bertz CT molecular complexity index is 893. The highest BCUT2D eigenvalue weighted by Crippen LogP contribution is 2.22. The Morgan fingerprint density at radius 1 is 1.19 bits per heavy atom. The maximum atomic E-state index is 12.6. The van der Waals surface area contributed by atoms with Gasteiger partial charge in [0, 0.05) is 17.6 Å². The third-order valence-electron chi connectivity index (χ3n) is 3.86. The van der Waals surface area contributed by atoms with Crippen molar-refractivity contribution >= 4 is 17.5 Å². The van der Waals surface area contributed by atoms with Gasteiger partial charge in [0.25, 0.3) is 5.91 Å². The van der Waals surface area contributed by atoms with E-state index in [0.29, 0.717) is 41.3 Å². The number of rotatable bonds is 6. The second-order valence-corrected chi connectivity index (χ2v) is 6.26. The molecule has 0 atom stereocenters. The second kappa shape index (κ2) is 8.06. The maximum absolute atomic E-state index is 12.6. The number of oxazole rings is 1. The molecule has 0 aliphatic carbocycles. The van der Waals surface area contributed by atoms with E-state index in [-0.39, 0.29) is 5.91 Å². The summed E-state index contributed by atoms with van der Waals surface area (Å²) in [5, 5.41) is 0.610. The molecule has 0 N–H and O–H groups in total. The number of likely N-dealkylation sites (N-methyl/N-ethyl adjacent to an activating group) is 1.